The van der Waals surface area contributed by atoms with Crippen LogP contribution in [0.3, 0.4) is 0 Å². The predicted octanol–water partition coefficient (Wildman–Crippen LogP) is 0.366. The first-order chi connectivity index (χ1) is 3.54. The minimum absolute atomic E-state index is 0.00289. The molecule has 0 radical (unpaired) electrons. The van der Waals surface area contributed by atoms with Gasteiger partial charge in [-0.15, -0.1) is 0 Å². The monoisotopic (exact) mass is 131 g/mol. The van der Waals surface area contributed by atoms with Crippen molar-refractivity contribution in [3.63, 3.8) is 0 Å². The number of hydrogen-bond acceptors (Lipinski definition) is 3. The van der Waals surface area contributed by atoms with Crippen molar-refractivity contribution in [3.05, 3.63) is 0 Å². The van der Waals surface area contributed by atoms with Gasteiger partial charge in [-0.25, -0.2) is 0 Å². The lowest BCUT2D eigenvalue weighted by Crippen LogP contribution is -2.55. The molecule has 1 saturated heterocycles. The average Bonchev–Trinajstić information content (AvgIpc) is 1.65. The summed E-state index contributed by atoms with van der Waals surface area (Å²) in [6.45, 7) is 3.95. The van der Waals surface area contributed by atoms with Crippen molar-refractivity contribution in [1.29, 1.82) is 0 Å². The molecular formula is C5H9NOS. The van der Waals surface area contributed by atoms with Gasteiger partial charge in [-0.1, -0.05) is 11.8 Å². The smallest absolute Gasteiger partial charge is 0.207 e. The van der Waals surface area contributed by atoms with Gasteiger partial charge >= 0.3 is 0 Å². The topological polar surface area (TPSA) is 43.1 Å². The van der Waals surface area contributed by atoms with Crippen LogP contribution < -0.4 is 5.73 Å². The third-order valence-electron chi connectivity index (χ3n) is 1.37. The maximum atomic E-state index is 10.5. The number of nitrogens with two attached hydrogens (primary N) is 1. The normalized spacial score (nSPS) is 34.4. The first-order valence-corrected chi connectivity index (χ1v) is 3.34. The van der Waals surface area contributed by atoms with Crippen molar-refractivity contribution in [1.82, 2.24) is 0 Å². The summed E-state index contributed by atoms with van der Waals surface area (Å²) in [5.74, 6) is 0. The summed E-state index contributed by atoms with van der Waals surface area (Å²) in [5, 5.41) is 0.120. The summed E-state index contributed by atoms with van der Waals surface area (Å²) in [7, 11) is 0. The van der Waals surface area contributed by atoms with E-state index in [2.05, 4.69) is 0 Å². The second kappa shape index (κ2) is 1.48. The van der Waals surface area contributed by atoms with Gasteiger partial charge in [0.05, 0.1) is 6.04 Å². The van der Waals surface area contributed by atoms with Gasteiger partial charge in [0, 0.05) is 4.75 Å². The molecule has 0 saturated carbocycles. The van der Waals surface area contributed by atoms with E-state index in [4.69, 9.17) is 5.73 Å². The Hall–Kier alpha value is -0.0200. The van der Waals surface area contributed by atoms with Crippen molar-refractivity contribution in [3.8, 4) is 0 Å². The van der Waals surface area contributed by atoms with Crippen LogP contribution in [0.4, 0.5) is 0 Å². The molecule has 0 unspecified atom stereocenters. The number of hydrogen-bond donors (Lipinski definition) is 1. The standard InChI is InChI=1S/C5H9NOS/c1-5(2)3(6)4(7)8-5/h3H,6H2,1-2H3/t3-/m0/s1. The number of thioether (sulfide) groups is 1. The molecule has 8 heavy (non-hydrogen) atoms. The van der Waals surface area contributed by atoms with Gasteiger partial charge in [0.15, 0.2) is 0 Å². The highest BCUT2D eigenvalue weighted by Gasteiger charge is 2.45. The van der Waals surface area contributed by atoms with Crippen LogP contribution in [0.15, 0.2) is 0 Å². The minimum Gasteiger partial charge on any atom is -0.320 e. The van der Waals surface area contributed by atoms with Gasteiger partial charge in [0.2, 0.25) is 5.12 Å². The van der Waals surface area contributed by atoms with E-state index >= 15 is 0 Å². The fraction of sp³-hybridized carbons (Fsp3) is 0.800. The second-order valence-electron chi connectivity index (χ2n) is 2.50. The van der Waals surface area contributed by atoms with E-state index in [1.54, 1.807) is 0 Å². The summed E-state index contributed by atoms with van der Waals surface area (Å²) in [6.07, 6.45) is 0. The Bertz CT molecular complexity index is 132. The van der Waals surface area contributed by atoms with Crippen molar-refractivity contribution in [2.24, 2.45) is 5.73 Å². The predicted molar refractivity (Wildman–Crippen MR) is 34.7 cm³/mol. The lowest BCUT2D eigenvalue weighted by atomic mass is 10.0. The summed E-state index contributed by atoms with van der Waals surface area (Å²) in [4.78, 5) is 10.5. The van der Waals surface area contributed by atoms with Crippen molar-refractivity contribution < 1.29 is 4.79 Å². The quantitative estimate of drug-likeness (QED) is 0.516. The molecule has 1 aliphatic heterocycles. The molecule has 0 spiro atoms. The molecule has 0 bridgehead atoms. The molecule has 0 amide bonds. The van der Waals surface area contributed by atoms with Crippen LogP contribution in [-0.4, -0.2) is 15.9 Å². The molecule has 46 valence electrons. The summed E-state index contributed by atoms with van der Waals surface area (Å²) >= 11 is 1.33. The molecular weight excluding hydrogens is 122 g/mol. The Morgan fingerprint density at radius 1 is 1.75 bits per heavy atom. The van der Waals surface area contributed by atoms with Crippen molar-refractivity contribution in [2.75, 3.05) is 0 Å². The van der Waals surface area contributed by atoms with Gasteiger partial charge in [-0.3, -0.25) is 4.79 Å². The van der Waals surface area contributed by atoms with E-state index in [0.717, 1.165) is 0 Å². The minimum atomic E-state index is -0.229. The van der Waals surface area contributed by atoms with Crippen LogP contribution in [0.1, 0.15) is 13.8 Å². The molecule has 0 aromatic rings. The Morgan fingerprint density at radius 2 is 2.25 bits per heavy atom. The molecule has 1 fully saturated rings. The zero-order valence-electron chi connectivity index (χ0n) is 4.97. The highest BCUT2D eigenvalue weighted by molar-refractivity contribution is 8.17. The maximum Gasteiger partial charge on any atom is 0.207 e. The molecule has 2 nitrogen and oxygen atoms in total. The van der Waals surface area contributed by atoms with Gasteiger partial charge in [0.25, 0.3) is 0 Å². The number of rotatable bonds is 0. The highest BCUT2D eigenvalue weighted by Crippen LogP contribution is 2.39. The van der Waals surface area contributed by atoms with E-state index in [-0.39, 0.29) is 15.9 Å². The highest BCUT2D eigenvalue weighted by atomic mass is 32.2. The van der Waals surface area contributed by atoms with Crippen LogP contribution in [0.5, 0.6) is 0 Å². The van der Waals surface area contributed by atoms with Gasteiger partial charge < -0.3 is 5.73 Å². The van der Waals surface area contributed by atoms with Crippen LogP contribution in [0.2, 0.25) is 0 Å². The third kappa shape index (κ3) is 0.661. The van der Waals surface area contributed by atoms with E-state index in [1.807, 2.05) is 13.8 Å². The number of carbonyl (C=O) groups excluding carboxylic acids is 1. The Balaban J connectivity index is 2.60. The molecule has 0 aromatic carbocycles. The average molecular weight is 131 g/mol. The lowest BCUT2D eigenvalue weighted by Gasteiger charge is -2.38. The van der Waals surface area contributed by atoms with Gasteiger partial charge in [-0.2, -0.15) is 0 Å². The first kappa shape index (κ1) is 6.11. The molecule has 1 aliphatic rings. The summed E-state index contributed by atoms with van der Waals surface area (Å²) < 4.78 is -0.00289. The fourth-order valence-electron chi connectivity index (χ4n) is 0.612. The van der Waals surface area contributed by atoms with Crippen LogP contribution >= 0.6 is 11.8 Å². The molecule has 0 aliphatic carbocycles. The third-order valence-corrected chi connectivity index (χ3v) is 2.60. The lowest BCUT2D eigenvalue weighted by molar-refractivity contribution is -0.114. The zero-order chi connectivity index (χ0) is 6.36. The Labute approximate surface area is 52.8 Å². The maximum absolute atomic E-state index is 10.5. The van der Waals surface area contributed by atoms with E-state index < -0.39 is 0 Å². The van der Waals surface area contributed by atoms with Crippen LogP contribution in [0.25, 0.3) is 0 Å². The van der Waals surface area contributed by atoms with E-state index in [0.29, 0.717) is 0 Å². The van der Waals surface area contributed by atoms with Crippen LogP contribution in [-0.2, 0) is 4.79 Å². The van der Waals surface area contributed by atoms with E-state index in [1.165, 1.54) is 11.8 Å². The largest absolute Gasteiger partial charge is 0.320 e. The first-order valence-electron chi connectivity index (χ1n) is 2.52. The SMILES string of the molecule is CC1(C)SC(=O)[C@@H]1N. The molecule has 2 N–H and O–H groups in total. The molecule has 0 aromatic heterocycles. The van der Waals surface area contributed by atoms with Crippen molar-refractivity contribution in [2.45, 2.75) is 24.6 Å². The summed E-state index contributed by atoms with van der Waals surface area (Å²) in [6, 6.07) is -0.229. The number of carbonyl (C=O) groups is 1. The van der Waals surface area contributed by atoms with Crippen molar-refractivity contribution >= 4 is 16.9 Å². The Morgan fingerprint density at radius 3 is 2.25 bits per heavy atom. The molecule has 1 rings (SSSR count). The van der Waals surface area contributed by atoms with Gasteiger partial charge in [-0.05, 0) is 13.8 Å². The van der Waals surface area contributed by atoms with Gasteiger partial charge in [0.1, 0.15) is 0 Å². The molecule has 1 atom stereocenters. The summed E-state index contributed by atoms with van der Waals surface area (Å²) in [5.41, 5.74) is 5.43. The second-order valence-corrected chi connectivity index (χ2v) is 4.16. The Kier molecular flexibility index (Phi) is 1.13. The fourth-order valence-corrected chi connectivity index (χ4v) is 1.60. The molecule has 1 heterocycles. The van der Waals surface area contributed by atoms with E-state index in [9.17, 15) is 4.79 Å². The zero-order valence-corrected chi connectivity index (χ0v) is 5.79. The van der Waals surface area contributed by atoms with Crippen LogP contribution in [0, 0.1) is 0 Å². The molecule has 3 heteroatoms.